The number of rotatable bonds is 8. The van der Waals surface area contributed by atoms with Crippen molar-refractivity contribution in [2.75, 3.05) is 24.4 Å². The van der Waals surface area contributed by atoms with Gasteiger partial charge < -0.3 is 30.2 Å². The number of aliphatic hydroxyl groups excluding tert-OH is 1. The van der Waals surface area contributed by atoms with Crippen LogP contribution in [0.2, 0.25) is 0 Å². The Kier molecular flexibility index (Phi) is 5.66. The van der Waals surface area contributed by atoms with E-state index in [0.29, 0.717) is 23.5 Å². The van der Waals surface area contributed by atoms with E-state index in [1.165, 1.54) is 6.92 Å². The summed E-state index contributed by atoms with van der Waals surface area (Å²) in [6.45, 7) is 5.56. The highest BCUT2D eigenvalue weighted by atomic mass is 16.5. The van der Waals surface area contributed by atoms with E-state index in [-0.39, 0.29) is 12.0 Å². The first-order valence-corrected chi connectivity index (χ1v) is 9.06. The third-order valence-electron chi connectivity index (χ3n) is 4.29. The Labute approximate surface area is 163 Å². The third kappa shape index (κ3) is 4.32. The van der Waals surface area contributed by atoms with E-state index in [0.717, 1.165) is 11.3 Å². The van der Waals surface area contributed by atoms with Gasteiger partial charge in [-0.2, -0.15) is 9.97 Å². The first-order chi connectivity index (χ1) is 13.3. The molecule has 150 valence electrons. The van der Waals surface area contributed by atoms with Gasteiger partial charge in [0.05, 0.1) is 20.0 Å². The molecule has 3 aromatic rings. The van der Waals surface area contributed by atoms with E-state index in [2.05, 4.69) is 25.6 Å². The van der Waals surface area contributed by atoms with E-state index in [9.17, 15) is 10.2 Å². The maximum Gasteiger partial charge on any atom is 0.229 e. The van der Waals surface area contributed by atoms with Crippen molar-refractivity contribution in [3.63, 3.8) is 0 Å². The largest absolute Gasteiger partial charge is 0.497 e. The van der Waals surface area contributed by atoms with Gasteiger partial charge in [-0.15, -0.1) is 0 Å². The minimum Gasteiger partial charge on any atom is -0.497 e. The van der Waals surface area contributed by atoms with Crippen LogP contribution in [0, 0.1) is 0 Å². The Balaban J connectivity index is 1.94. The second-order valence-corrected chi connectivity index (χ2v) is 7.07. The summed E-state index contributed by atoms with van der Waals surface area (Å²) in [5.41, 5.74) is 0.784. The van der Waals surface area contributed by atoms with Crippen LogP contribution in [0.5, 0.6) is 5.75 Å². The molecule has 2 aromatic heterocycles. The molecular weight excluding hydrogens is 360 g/mol. The number of nitrogens with one attached hydrogen (secondary N) is 2. The zero-order valence-electron chi connectivity index (χ0n) is 16.5. The molecule has 0 amide bonds. The lowest BCUT2D eigenvalue weighted by atomic mass is 10.2. The minimum atomic E-state index is -1.54. The molecule has 0 aliphatic carbocycles. The molecule has 9 heteroatoms. The van der Waals surface area contributed by atoms with Crippen molar-refractivity contribution < 1.29 is 14.9 Å². The number of fused-ring (bicyclic) bond motifs is 1. The Morgan fingerprint density at radius 2 is 1.93 bits per heavy atom. The Hall–Kier alpha value is -2.91. The number of aromatic nitrogens is 4. The first-order valence-electron chi connectivity index (χ1n) is 9.06. The van der Waals surface area contributed by atoms with Gasteiger partial charge in [0.2, 0.25) is 5.95 Å². The fourth-order valence-electron chi connectivity index (χ4n) is 2.68. The first kappa shape index (κ1) is 19.8. The summed E-state index contributed by atoms with van der Waals surface area (Å²) in [5, 5.41) is 25.5. The topological polar surface area (TPSA) is 117 Å². The van der Waals surface area contributed by atoms with Crippen LogP contribution in [-0.2, 0) is 6.54 Å². The van der Waals surface area contributed by atoms with E-state index >= 15 is 0 Å². The maximum absolute atomic E-state index is 10.1. The van der Waals surface area contributed by atoms with Gasteiger partial charge in [-0.3, -0.25) is 0 Å². The van der Waals surface area contributed by atoms with Gasteiger partial charge in [0.1, 0.15) is 5.75 Å². The predicted octanol–water partition coefficient (Wildman–Crippen LogP) is 2.14. The normalized spacial score (nSPS) is 13.5. The van der Waals surface area contributed by atoms with Crippen LogP contribution in [0.3, 0.4) is 0 Å². The fraction of sp³-hybridized carbons (Fsp3) is 0.421. The summed E-state index contributed by atoms with van der Waals surface area (Å²) in [5.74, 6) is 1.53. The molecule has 0 fully saturated rings. The molecule has 0 saturated carbocycles. The van der Waals surface area contributed by atoms with Crippen LogP contribution in [-0.4, -0.2) is 49.2 Å². The highest BCUT2D eigenvalue weighted by Crippen LogP contribution is 2.25. The zero-order chi connectivity index (χ0) is 20.3. The van der Waals surface area contributed by atoms with Crippen LogP contribution in [0.25, 0.3) is 11.2 Å². The van der Waals surface area contributed by atoms with E-state index < -0.39 is 12.3 Å². The summed E-state index contributed by atoms with van der Waals surface area (Å²) < 4.78 is 7.11. The van der Waals surface area contributed by atoms with Crippen LogP contribution in [0.4, 0.5) is 11.8 Å². The summed E-state index contributed by atoms with van der Waals surface area (Å²) >= 11 is 0. The van der Waals surface area contributed by atoms with Gasteiger partial charge in [-0.05, 0) is 38.5 Å². The van der Waals surface area contributed by atoms with Crippen molar-refractivity contribution in [1.82, 2.24) is 19.5 Å². The highest BCUT2D eigenvalue weighted by molar-refractivity contribution is 5.84. The molecule has 0 saturated heterocycles. The van der Waals surface area contributed by atoms with Crippen LogP contribution < -0.4 is 15.4 Å². The molecule has 0 bridgehead atoms. The molecule has 0 radical (unpaired) electrons. The molecule has 3 rings (SSSR count). The van der Waals surface area contributed by atoms with E-state index in [4.69, 9.17) is 4.74 Å². The molecule has 0 aliphatic heterocycles. The fourth-order valence-corrected chi connectivity index (χ4v) is 2.68. The second-order valence-electron chi connectivity index (χ2n) is 7.07. The quantitative estimate of drug-likeness (QED) is 0.435. The van der Waals surface area contributed by atoms with Crippen molar-refractivity contribution in [2.45, 2.75) is 39.1 Å². The number of aliphatic hydroxyl groups is 2. The second kappa shape index (κ2) is 7.99. The van der Waals surface area contributed by atoms with Gasteiger partial charge >= 0.3 is 0 Å². The van der Waals surface area contributed by atoms with E-state index in [1.807, 2.05) is 42.7 Å². The average Bonchev–Trinajstić information content (AvgIpc) is 3.10. The highest BCUT2D eigenvalue weighted by Gasteiger charge is 2.22. The molecular formula is C19H26N6O3. The number of benzene rings is 1. The molecule has 9 nitrogen and oxygen atoms in total. The number of hydrogen-bond donors (Lipinski definition) is 4. The number of imidazole rings is 1. The maximum atomic E-state index is 10.1. The van der Waals surface area contributed by atoms with Gasteiger partial charge in [0.15, 0.2) is 22.7 Å². The van der Waals surface area contributed by atoms with Gasteiger partial charge in [0.25, 0.3) is 0 Å². The summed E-state index contributed by atoms with van der Waals surface area (Å²) in [4.78, 5) is 13.4. The number of hydrogen-bond acceptors (Lipinski definition) is 8. The smallest absolute Gasteiger partial charge is 0.229 e. The Morgan fingerprint density at radius 1 is 1.21 bits per heavy atom. The molecule has 1 aromatic carbocycles. The van der Waals surface area contributed by atoms with Crippen LogP contribution >= 0.6 is 0 Å². The molecule has 0 spiro atoms. The molecule has 2 heterocycles. The molecule has 1 atom stereocenters. The lowest BCUT2D eigenvalue weighted by Crippen LogP contribution is -2.39. The predicted molar refractivity (Wildman–Crippen MR) is 107 cm³/mol. The van der Waals surface area contributed by atoms with Crippen molar-refractivity contribution in [2.24, 2.45) is 0 Å². The monoisotopic (exact) mass is 386 g/mol. The van der Waals surface area contributed by atoms with E-state index in [1.54, 1.807) is 13.4 Å². The third-order valence-corrected chi connectivity index (χ3v) is 4.29. The number of nitrogens with zero attached hydrogens (tertiary/aromatic N) is 4. The molecule has 1 unspecified atom stereocenters. The van der Waals surface area contributed by atoms with Crippen molar-refractivity contribution >= 4 is 22.9 Å². The van der Waals surface area contributed by atoms with Gasteiger partial charge in [-0.1, -0.05) is 12.1 Å². The Morgan fingerprint density at radius 3 is 2.54 bits per heavy atom. The summed E-state index contributed by atoms with van der Waals surface area (Å²) in [6, 6.07) is 7.87. The summed E-state index contributed by atoms with van der Waals surface area (Å²) in [7, 11) is 1.63. The number of methoxy groups -OCH3 is 1. The SMILES string of the molecule is COc1ccc(CNc2nc(NC(C)(O)CO)nc3c2ncn3C(C)C)cc1. The number of ether oxygens (including phenoxy) is 1. The lowest BCUT2D eigenvalue weighted by Gasteiger charge is -2.22. The molecule has 28 heavy (non-hydrogen) atoms. The van der Waals surface area contributed by atoms with Crippen LogP contribution in [0.15, 0.2) is 30.6 Å². The summed E-state index contributed by atoms with van der Waals surface area (Å²) in [6.07, 6.45) is 1.72. The van der Waals surface area contributed by atoms with Crippen molar-refractivity contribution in [3.05, 3.63) is 36.2 Å². The average molecular weight is 386 g/mol. The standard InChI is InChI=1S/C19H26N6O3/c1-12(2)25-11-21-15-16(20-9-13-5-7-14(28-4)8-6-13)22-18(23-17(15)25)24-19(3,27)10-26/h5-8,11-12,26-27H,9-10H2,1-4H3,(H2,20,22,23,24). The van der Waals surface area contributed by atoms with Crippen molar-refractivity contribution in [1.29, 1.82) is 0 Å². The van der Waals surface area contributed by atoms with Crippen molar-refractivity contribution in [3.8, 4) is 5.75 Å². The van der Waals surface area contributed by atoms with Gasteiger partial charge in [0, 0.05) is 12.6 Å². The Bertz CT molecular complexity index is 937. The number of anilines is 2. The zero-order valence-corrected chi connectivity index (χ0v) is 16.5. The minimum absolute atomic E-state index is 0.153. The molecule has 0 aliphatic rings. The molecule has 4 N–H and O–H groups in total. The van der Waals surface area contributed by atoms with Crippen LogP contribution in [0.1, 0.15) is 32.4 Å². The van der Waals surface area contributed by atoms with Gasteiger partial charge in [-0.25, -0.2) is 4.98 Å². The lowest BCUT2D eigenvalue weighted by molar-refractivity contribution is 0.0257.